The zero-order valence-electron chi connectivity index (χ0n) is 16.0. The number of carbonyl (C=O) groups excluding carboxylic acids is 1. The molecule has 0 aliphatic rings. The lowest BCUT2D eigenvalue weighted by molar-refractivity contribution is 0.0430. The molecular formula is C22H19N3O4. The maximum atomic E-state index is 12.6. The zero-order chi connectivity index (χ0) is 20.2. The summed E-state index contributed by atoms with van der Waals surface area (Å²) in [5, 5.41) is 3.86. The molecule has 29 heavy (non-hydrogen) atoms. The SMILES string of the molecule is CC(C)c1noc(COC(=O)c2ccccc2-c2ncc(-c3ccccc3)o2)n1. The molecule has 7 nitrogen and oxygen atoms in total. The van der Waals surface area contributed by atoms with E-state index < -0.39 is 5.97 Å². The monoisotopic (exact) mass is 389 g/mol. The van der Waals surface area contributed by atoms with Crippen molar-refractivity contribution in [1.82, 2.24) is 15.1 Å². The highest BCUT2D eigenvalue weighted by molar-refractivity contribution is 5.96. The summed E-state index contributed by atoms with van der Waals surface area (Å²) < 4.78 is 16.3. The van der Waals surface area contributed by atoms with Crippen molar-refractivity contribution in [2.45, 2.75) is 26.4 Å². The first-order valence-corrected chi connectivity index (χ1v) is 9.22. The summed E-state index contributed by atoms with van der Waals surface area (Å²) >= 11 is 0. The number of benzene rings is 2. The number of carbonyl (C=O) groups is 1. The van der Waals surface area contributed by atoms with Crippen molar-refractivity contribution in [3.05, 3.63) is 78.1 Å². The molecule has 0 saturated heterocycles. The van der Waals surface area contributed by atoms with Crippen LogP contribution in [0.3, 0.4) is 0 Å². The van der Waals surface area contributed by atoms with E-state index in [1.807, 2.05) is 50.2 Å². The van der Waals surface area contributed by atoms with E-state index in [9.17, 15) is 4.79 Å². The van der Waals surface area contributed by atoms with E-state index in [1.54, 1.807) is 24.4 Å². The van der Waals surface area contributed by atoms with Crippen molar-refractivity contribution in [1.29, 1.82) is 0 Å². The zero-order valence-corrected chi connectivity index (χ0v) is 16.0. The van der Waals surface area contributed by atoms with Gasteiger partial charge in [0, 0.05) is 11.5 Å². The molecule has 0 fully saturated rings. The van der Waals surface area contributed by atoms with E-state index in [-0.39, 0.29) is 18.4 Å². The number of hydrogen-bond acceptors (Lipinski definition) is 7. The third-order valence-electron chi connectivity index (χ3n) is 4.27. The van der Waals surface area contributed by atoms with Crippen molar-refractivity contribution in [3.63, 3.8) is 0 Å². The van der Waals surface area contributed by atoms with Crippen LogP contribution in [0.4, 0.5) is 0 Å². The van der Waals surface area contributed by atoms with Crippen LogP contribution in [0, 0.1) is 0 Å². The Labute approximate surface area is 167 Å². The smallest absolute Gasteiger partial charge is 0.339 e. The third-order valence-corrected chi connectivity index (χ3v) is 4.27. The molecule has 4 aromatic rings. The summed E-state index contributed by atoms with van der Waals surface area (Å²) in [6.07, 6.45) is 1.64. The van der Waals surface area contributed by atoms with Crippen LogP contribution in [-0.2, 0) is 11.3 Å². The number of hydrogen-bond donors (Lipinski definition) is 0. The van der Waals surface area contributed by atoms with Gasteiger partial charge in [0.1, 0.15) is 0 Å². The highest BCUT2D eigenvalue weighted by Gasteiger charge is 2.19. The predicted molar refractivity (Wildman–Crippen MR) is 105 cm³/mol. The molecule has 2 aromatic heterocycles. The van der Waals surface area contributed by atoms with E-state index >= 15 is 0 Å². The Morgan fingerprint density at radius 2 is 1.83 bits per heavy atom. The number of aromatic nitrogens is 3. The molecule has 146 valence electrons. The van der Waals surface area contributed by atoms with Gasteiger partial charge in [0.2, 0.25) is 5.89 Å². The molecule has 0 bridgehead atoms. The molecule has 0 aliphatic heterocycles. The van der Waals surface area contributed by atoms with E-state index in [0.717, 1.165) is 5.56 Å². The Morgan fingerprint density at radius 3 is 2.59 bits per heavy atom. The van der Waals surface area contributed by atoms with Gasteiger partial charge in [0.25, 0.3) is 5.89 Å². The third kappa shape index (κ3) is 4.08. The topological polar surface area (TPSA) is 91.2 Å². The average molecular weight is 389 g/mol. The molecule has 0 aliphatic carbocycles. The molecule has 0 atom stereocenters. The van der Waals surface area contributed by atoms with Gasteiger partial charge in [-0.05, 0) is 12.1 Å². The van der Waals surface area contributed by atoms with Crippen LogP contribution in [0.2, 0.25) is 0 Å². The Bertz CT molecular complexity index is 1120. The number of rotatable bonds is 6. The quantitative estimate of drug-likeness (QED) is 0.434. The Morgan fingerprint density at radius 1 is 1.07 bits per heavy atom. The summed E-state index contributed by atoms with van der Waals surface area (Å²) in [6.45, 7) is 3.81. The van der Waals surface area contributed by atoms with E-state index in [2.05, 4.69) is 15.1 Å². The van der Waals surface area contributed by atoms with Crippen LogP contribution in [0.25, 0.3) is 22.8 Å². The minimum Gasteiger partial charge on any atom is -0.452 e. The molecule has 0 N–H and O–H groups in total. The number of oxazole rings is 1. The first-order valence-electron chi connectivity index (χ1n) is 9.22. The molecule has 0 radical (unpaired) electrons. The molecule has 0 unspecified atom stereocenters. The van der Waals surface area contributed by atoms with Gasteiger partial charge in [-0.2, -0.15) is 4.98 Å². The van der Waals surface area contributed by atoms with Crippen molar-refractivity contribution < 1.29 is 18.5 Å². The molecule has 2 aromatic carbocycles. The number of ether oxygens (including phenoxy) is 1. The number of nitrogens with zero attached hydrogens (tertiary/aromatic N) is 3. The molecule has 7 heteroatoms. The highest BCUT2D eigenvalue weighted by Crippen LogP contribution is 2.28. The van der Waals surface area contributed by atoms with E-state index in [1.165, 1.54) is 0 Å². The van der Waals surface area contributed by atoms with Crippen molar-refractivity contribution in [2.24, 2.45) is 0 Å². The Balaban J connectivity index is 1.53. The predicted octanol–water partition coefficient (Wildman–Crippen LogP) is 4.87. The van der Waals surface area contributed by atoms with Crippen LogP contribution >= 0.6 is 0 Å². The van der Waals surface area contributed by atoms with Crippen LogP contribution in [0.1, 0.15) is 41.8 Å². The average Bonchev–Trinajstić information content (AvgIpc) is 3.43. The van der Waals surface area contributed by atoms with Gasteiger partial charge >= 0.3 is 5.97 Å². The maximum Gasteiger partial charge on any atom is 0.339 e. The summed E-state index contributed by atoms with van der Waals surface area (Å²) in [5.74, 6) is 1.40. The van der Waals surface area contributed by atoms with Gasteiger partial charge < -0.3 is 13.7 Å². The van der Waals surface area contributed by atoms with Crippen LogP contribution in [-0.4, -0.2) is 21.1 Å². The minimum absolute atomic E-state index is 0.103. The minimum atomic E-state index is -0.524. The normalized spacial score (nSPS) is 11.0. The first kappa shape index (κ1) is 18.6. The number of esters is 1. The van der Waals surface area contributed by atoms with E-state index in [0.29, 0.717) is 28.6 Å². The Hall–Kier alpha value is -3.74. The molecule has 0 spiro atoms. The Kier molecular flexibility index (Phi) is 5.20. The highest BCUT2D eigenvalue weighted by atomic mass is 16.6. The first-order chi connectivity index (χ1) is 14.1. The largest absolute Gasteiger partial charge is 0.452 e. The molecule has 0 amide bonds. The lowest BCUT2D eigenvalue weighted by atomic mass is 10.1. The van der Waals surface area contributed by atoms with Crippen LogP contribution in [0.15, 0.2) is 69.7 Å². The molecular weight excluding hydrogens is 370 g/mol. The summed E-state index contributed by atoms with van der Waals surface area (Å²) in [5.41, 5.74) is 1.80. The molecule has 2 heterocycles. The van der Waals surface area contributed by atoms with Gasteiger partial charge in [0.05, 0.1) is 17.3 Å². The fourth-order valence-electron chi connectivity index (χ4n) is 2.75. The fraction of sp³-hybridized carbons (Fsp3) is 0.182. The van der Waals surface area contributed by atoms with Crippen molar-refractivity contribution >= 4 is 5.97 Å². The van der Waals surface area contributed by atoms with Crippen molar-refractivity contribution in [2.75, 3.05) is 0 Å². The fourth-order valence-corrected chi connectivity index (χ4v) is 2.75. The van der Waals surface area contributed by atoms with Crippen LogP contribution in [0.5, 0.6) is 0 Å². The lowest BCUT2D eigenvalue weighted by Gasteiger charge is -2.06. The summed E-state index contributed by atoms with van der Waals surface area (Å²) in [6, 6.07) is 16.6. The van der Waals surface area contributed by atoms with Crippen LogP contribution < -0.4 is 0 Å². The van der Waals surface area contributed by atoms with Gasteiger partial charge in [0.15, 0.2) is 18.2 Å². The van der Waals surface area contributed by atoms with Gasteiger partial charge in [-0.15, -0.1) is 0 Å². The maximum absolute atomic E-state index is 12.6. The second-order valence-electron chi connectivity index (χ2n) is 6.72. The van der Waals surface area contributed by atoms with Gasteiger partial charge in [-0.25, -0.2) is 9.78 Å². The second-order valence-corrected chi connectivity index (χ2v) is 6.72. The summed E-state index contributed by atoms with van der Waals surface area (Å²) in [4.78, 5) is 21.2. The molecule has 4 rings (SSSR count). The lowest BCUT2D eigenvalue weighted by Crippen LogP contribution is -2.07. The second kappa shape index (κ2) is 8.10. The van der Waals surface area contributed by atoms with E-state index in [4.69, 9.17) is 13.7 Å². The van der Waals surface area contributed by atoms with Gasteiger partial charge in [-0.3, -0.25) is 0 Å². The standard InChI is InChI=1S/C22H19N3O4/c1-14(2)20-24-19(29-25-20)13-27-22(26)17-11-7-6-10-16(17)21-23-12-18(28-21)15-8-4-3-5-9-15/h3-12,14H,13H2,1-2H3. The summed E-state index contributed by atoms with van der Waals surface area (Å²) in [7, 11) is 0. The van der Waals surface area contributed by atoms with Crippen molar-refractivity contribution in [3.8, 4) is 22.8 Å². The molecule has 0 saturated carbocycles. The van der Waals surface area contributed by atoms with Gasteiger partial charge in [-0.1, -0.05) is 61.5 Å².